The summed E-state index contributed by atoms with van der Waals surface area (Å²) in [5.74, 6) is -0.491. The van der Waals surface area contributed by atoms with Crippen LogP contribution in [0.2, 0.25) is 0 Å². The zero-order valence-corrected chi connectivity index (χ0v) is 14.4. The molecular formula is C19H21N3O2. The van der Waals surface area contributed by atoms with Crippen molar-refractivity contribution in [3.05, 3.63) is 52.8 Å². The molecule has 124 valence electrons. The van der Waals surface area contributed by atoms with Crippen molar-refractivity contribution in [2.45, 2.75) is 13.8 Å². The number of aromatic amines is 1. The van der Waals surface area contributed by atoms with Gasteiger partial charge in [0.15, 0.2) is 0 Å². The Bertz CT molecular complexity index is 846. The first-order valence-corrected chi connectivity index (χ1v) is 7.88. The number of fused-ring (bicyclic) bond motifs is 1. The lowest BCUT2D eigenvalue weighted by Gasteiger charge is -2.17. The maximum Gasteiger partial charge on any atom is 0.265 e. The second kappa shape index (κ2) is 6.09. The van der Waals surface area contributed by atoms with E-state index in [1.54, 1.807) is 4.90 Å². The van der Waals surface area contributed by atoms with E-state index in [1.807, 2.05) is 64.4 Å². The molecule has 24 heavy (non-hydrogen) atoms. The zero-order chi connectivity index (χ0) is 17.4. The van der Waals surface area contributed by atoms with Crippen LogP contribution in [0.1, 0.15) is 22.5 Å². The number of nitrogens with zero attached hydrogens (tertiary/aromatic N) is 2. The Kier molecular flexibility index (Phi) is 4.11. The molecule has 2 amide bonds. The molecule has 5 heteroatoms. The van der Waals surface area contributed by atoms with Gasteiger partial charge in [-0.1, -0.05) is 18.2 Å². The van der Waals surface area contributed by atoms with Crippen LogP contribution in [-0.2, 0) is 9.59 Å². The largest absolute Gasteiger partial charge is 0.359 e. The smallest absolute Gasteiger partial charge is 0.265 e. The van der Waals surface area contributed by atoms with Gasteiger partial charge in [0.1, 0.15) is 0 Å². The predicted molar refractivity (Wildman–Crippen MR) is 95.6 cm³/mol. The van der Waals surface area contributed by atoms with Crippen molar-refractivity contribution < 1.29 is 9.59 Å². The van der Waals surface area contributed by atoms with E-state index in [2.05, 4.69) is 4.98 Å². The van der Waals surface area contributed by atoms with Crippen LogP contribution in [-0.4, -0.2) is 42.3 Å². The fourth-order valence-electron chi connectivity index (χ4n) is 3.01. The van der Waals surface area contributed by atoms with Crippen LogP contribution in [0.25, 0.3) is 11.6 Å². The summed E-state index contributed by atoms with van der Waals surface area (Å²) in [6.07, 6.45) is 1.84. The van der Waals surface area contributed by atoms with Gasteiger partial charge in [0.05, 0.1) is 17.8 Å². The molecule has 0 saturated heterocycles. The van der Waals surface area contributed by atoms with Gasteiger partial charge in [0.25, 0.3) is 5.91 Å². The summed E-state index contributed by atoms with van der Waals surface area (Å²) in [4.78, 5) is 31.7. The van der Waals surface area contributed by atoms with Crippen molar-refractivity contribution in [2.75, 3.05) is 25.5 Å². The number of para-hydroxylation sites is 1. The van der Waals surface area contributed by atoms with Gasteiger partial charge in [-0.3, -0.25) is 9.59 Å². The van der Waals surface area contributed by atoms with E-state index in [9.17, 15) is 9.59 Å². The van der Waals surface area contributed by atoms with E-state index in [0.29, 0.717) is 11.3 Å². The summed E-state index contributed by atoms with van der Waals surface area (Å²) in [6.45, 7) is 4.16. The minimum absolute atomic E-state index is 0.188. The van der Waals surface area contributed by atoms with E-state index in [-0.39, 0.29) is 18.4 Å². The third-order valence-electron chi connectivity index (χ3n) is 4.05. The molecule has 2 aromatic rings. The van der Waals surface area contributed by atoms with E-state index in [0.717, 1.165) is 22.5 Å². The van der Waals surface area contributed by atoms with Gasteiger partial charge >= 0.3 is 0 Å². The van der Waals surface area contributed by atoms with Gasteiger partial charge in [0, 0.05) is 17.0 Å². The first-order valence-electron chi connectivity index (χ1n) is 7.88. The number of carbonyl (C=O) groups excluding carboxylic acids is 2. The van der Waals surface area contributed by atoms with Gasteiger partial charge < -0.3 is 9.88 Å². The molecule has 1 aromatic carbocycles. The van der Waals surface area contributed by atoms with Crippen LogP contribution in [0, 0.1) is 13.8 Å². The Morgan fingerprint density at radius 3 is 2.58 bits per heavy atom. The highest BCUT2D eigenvalue weighted by Gasteiger charge is 2.36. The van der Waals surface area contributed by atoms with Gasteiger partial charge in [-0.15, -0.1) is 0 Å². The second-order valence-corrected chi connectivity index (χ2v) is 6.40. The number of likely N-dealkylation sites (N-methyl/N-ethyl adjacent to an activating group) is 1. The van der Waals surface area contributed by atoms with Crippen molar-refractivity contribution in [2.24, 2.45) is 0 Å². The maximum atomic E-state index is 12.9. The zero-order valence-electron chi connectivity index (χ0n) is 14.4. The molecule has 0 fully saturated rings. The average Bonchev–Trinajstić information content (AvgIpc) is 2.96. The summed E-state index contributed by atoms with van der Waals surface area (Å²) in [7, 11) is 3.62. The van der Waals surface area contributed by atoms with E-state index >= 15 is 0 Å². The van der Waals surface area contributed by atoms with Gasteiger partial charge in [0.2, 0.25) is 5.91 Å². The number of nitrogens with one attached hydrogen (secondary N) is 1. The number of amides is 2. The highest BCUT2D eigenvalue weighted by Crippen LogP contribution is 2.37. The molecule has 1 N–H and O–H groups in total. The predicted octanol–water partition coefficient (Wildman–Crippen LogP) is 2.61. The van der Waals surface area contributed by atoms with Crippen LogP contribution in [0.3, 0.4) is 0 Å². The number of hydrogen-bond donors (Lipinski definition) is 1. The average molecular weight is 323 g/mol. The molecule has 1 aromatic heterocycles. The third-order valence-corrected chi connectivity index (χ3v) is 4.05. The van der Waals surface area contributed by atoms with Crippen LogP contribution >= 0.6 is 0 Å². The fraction of sp³-hybridized carbons (Fsp3) is 0.263. The number of benzene rings is 1. The lowest BCUT2D eigenvalue weighted by Crippen LogP contribution is -2.39. The quantitative estimate of drug-likeness (QED) is 0.884. The number of imide groups is 1. The van der Waals surface area contributed by atoms with E-state index in [1.165, 1.54) is 4.90 Å². The molecule has 0 bridgehead atoms. The Labute approximate surface area is 141 Å². The molecule has 0 saturated carbocycles. The van der Waals surface area contributed by atoms with Crippen molar-refractivity contribution in [1.29, 1.82) is 0 Å². The molecule has 2 heterocycles. The van der Waals surface area contributed by atoms with E-state index in [4.69, 9.17) is 0 Å². The van der Waals surface area contributed by atoms with Crippen LogP contribution in [0.4, 0.5) is 5.69 Å². The molecule has 0 aliphatic carbocycles. The summed E-state index contributed by atoms with van der Waals surface area (Å²) < 4.78 is 0. The van der Waals surface area contributed by atoms with Crippen LogP contribution < -0.4 is 4.90 Å². The fourth-order valence-corrected chi connectivity index (χ4v) is 3.01. The van der Waals surface area contributed by atoms with Crippen molar-refractivity contribution in [1.82, 2.24) is 9.88 Å². The Morgan fingerprint density at radius 2 is 1.96 bits per heavy atom. The second-order valence-electron chi connectivity index (χ2n) is 6.40. The minimum atomic E-state index is -0.269. The molecule has 3 rings (SSSR count). The van der Waals surface area contributed by atoms with Crippen LogP contribution in [0.15, 0.2) is 30.3 Å². The molecule has 0 unspecified atom stereocenters. The number of aryl methyl sites for hydroxylation is 2. The first kappa shape index (κ1) is 16.2. The molecule has 5 nitrogen and oxygen atoms in total. The highest BCUT2D eigenvalue weighted by atomic mass is 16.2. The lowest BCUT2D eigenvalue weighted by atomic mass is 10.1. The monoisotopic (exact) mass is 323 g/mol. The Morgan fingerprint density at radius 1 is 1.25 bits per heavy atom. The number of carbonyl (C=O) groups is 2. The summed E-state index contributed by atoms with van der Waals surface area (Å²) in [6, 6.07) is 9.45. The standard InChI is InChI=1S/C19H21N3O2/c1-12-9-13(2)20-16(12)10-15-14-7-5-6-8-17(14)22(19(15)24)18(23)11-21(3)4/h5-10,20H,11H2,1-4H3. The van der Waals surface area contributed by atoms with E-state index < -0.39 is 0 Å². The number of rotatable bonds is 3. The van der Waals surface area contributed by atoms with Crippen molar-refractivity contribution in [3.8, 4) is 0 Å². The third kappa shape index (κ3) is 2.78. The number of aromatic nitrogens is 1. The molecule has 0 atom stereocenters. The maximum absolute atomic E-state index is 12.9. The molecular weight excluding hydrogens is 302 g/mol. The highest BCUT2D eigenvalue weighted by molar-refractivity contribution is 6.42. The minimum Gasteiger partial charge on any atom is -0.359 e. The topological polar surface area (TPSA) is 56.4 Å². The molecule has 1 aliphatic rings. The van der Waals surface area contributed by atoms with Crippen molar-refractivity contribution >= 4 is 29.2 Å². The first-order chi connectivity index (χ1) is 11.4. The number of H-pyrrole nitrogens is 1. The Hall–Kier alpha value is -2.66. The number of hydrogen-bond acceptors (Lipinski definition) is 3. The Balaban J connectivity index is 2.08. The lowest BCUT2D eigenvalue weighted by molar-refractivity contribution is -0.124. The summed E-state index contributed by atoms with van der Waals surface area (Å²) >= 11 is 0. The van der Waals surface area contributed by atoms with Gasteiger partial charge in [-0.05, 0) is 51.7 Å². The number of anilines is 1. The van der Waals surface area contributed by atoms with Crippen molar-refractivity contribution in [3.63, 3.8) is 0 Å². The van der Waals surface area contributed by atoms with Gasteiger partial charge in [-0.2, -0.15) is 0 Å². The normalized spacial score (nSPS) is 15.5. The summed E-state index contributed by atoms with van der Waals surface area (Å²) in [5, 5.41) is 0. The molecule has 0 radical (unpaired) electrons. The molecule has 1 aliphatic heterocycles. The SMILES string of the molecule is Cc1cc(C)c(C=C2C(=O)N(C(=O)CN(C)C)c3ccccc32)[nH]1. The summed E-state index contributed by atoms with van der Waals surface area (Å²) in [5.41, 5.74) is 5.00. The van der Waals surface area contributed by atoms with Gasteiger partial charge in [-0.25, -0.2) is 4.90 Å². The molecule has 0 spiro atoms. The van der Waals surface area contributed by atoms with Crippen LogP contribution in [0.5, 0.6) is 0 Å².